The Hall–Kier alpha value is -4.32. The number of nitrogens with zero attached hydrogens (tertiary/aromatic N) is 5. The fraction of sp³-hybridized carbons (Fsp3) is 0.333. The first kappa shape index (κ1) is 26.3. The van der Waals surface area contributed by atoms with Crippen molar-refractivity contribution >= 4 is 45.5 Å². The van der Waals surface area contributed by atoms with E-state index >= 15 is 0 Å². The number of aromatic nitrogens is 3. The number of methoxy groups -OCH3 is 1. The third kappa shape index (κ3) is 5.60. The maximum absolute atomic E-state index is 13.1. The summed E-state index contributed by atoms with van der Waals surface area (Å²) in [5.41, 5.74) is 0.807. The number of aromatic hydroxyl groups is 1. The second-order valence-corrected chi connectivity index (χ2v) is 10.9. The lowest BCUT2D eigenvalue weighted by atomic mass is 10.2. The molecule has 0 atom stereocenters. The number of nitrogens with one attached hydrogen (secondary N) is 1. The van der Waals surface area contributed by atoms with Gasteiger partial charge in [0.15, 0.2) is 10.8 Å². The second-order valence-electron chi connectivity index (χ2n) is 10.1. The third-order valence-corrected chi connectivity index (χ3v) is 7.08. The standard InChI is InChI=1S/C27H30N6O5S/c1-27(2,3)38-26(36)32-11-9-31(10-12-32)21-7-8-28-14-20(21)29-23(34)24-30-22(16-39-24)33-15-17-5-6-18(37-4)13-19(17)25(33)35/h5-8,13-16,35H,9-12H2,1-4H3,(H,29,34). The summed E-state index contributed by atoms with van der Waals surface area (Å²) in [5, 5.41) is 17.1. The van der Waals surface area contributed by atoms with E-state index in [0.717, 1.165) is 11.1 Å². The number of hydrogen-bond donors (Lipinski definition) is 2. The van der Waals surface area contributed by atoms with Crippen molar-refractivity contribution in [1.82, 2.24) is 19.4 Å². The van der Waals surface area contributed by atoms with E-state index in [1.807, 2.05) is 39.0 Å². The van der Waals surface area contributed by atoms with Gasteiger partial charge in [-0.3, -0.25) is 14.3 Å². The van der Waals surface area contributed by atoms with Crippen molar-refractivity contribution in [3.05, 3.63) is 53.2 Å². The highest BCUT2D eigenvalue weighted by molar-refractivity contribution is 7.12. The predicted molar refractivity (Wildman–Crippen MR) is 149 cm³/mol. The number of piperazine rings is 1. The molecule has 0 radical (unpaired) electrons. The maximum Gasteiger partial charge on any atom is 0.410 e. The van der Waals surface area contributed by atoms with E-state index in [0.29, 0.717) is 48.8 Å². The molecule has 0 bridgehead atoms. The molecule has 2 N–H and O–H groups in total. The van der Waals surface area contributed by atoms with Crippen LogP contribution in [-0.2, 0) is 4.74 Å². The SMILES string of the molecule is COc1ccc2cn(-c3csc(C(=O)Nc4cnccc4N4CCN(C(=O)OC(C)(C)C)CC4)n3)c(O)c2c1. The van der Waals surface area contributed by atoms with E-state index in [2.05, 4.69) is 20.2 Å². The fourth-order valence-electron chi connectivity index (χ4n) is 4.34. The van der Waals surface area contributed by atoms with Gasteiger partial charge in [-0.15, -0.1) is 11.3 Å². The molecule has 5 rings (SSSR count). The summed E-state index contributed by atoms with van der Waals surface area (Å²) in [5.74, 6) is 0.696. The van der Waals surface area contributed by atoms with Crippen LogP contribution < -0.4 is 15.0 Å². The Bertz CT molecular complexity index is 1520. The number of amides is 2. The molecular weight excluding hydrogens is 520 g/mol. The minimum atomic E-state index is -0.548. The molecule has 4 aromatic rings. The van der Waals surface area contributed by atoms with Crippen molar-refractivity contribution in [3.63, 3.8) is 0 Å². The van der Waals surface area contributed by atoms with Crippen LogP contribution in [0.4, 0.5) is 16.2 Å². The van der Waals surface area contributed by atoms with Crippen molar-refractivity contribution in [1.29, 1.82) is 0 Å². The summed E-state index contributed by atoms with van der Waals surface area (Å²) in [6.07, 6.45) is 4.70. The van der Waals surface area contributed by atoms with Gasteiger partial charge in [0.1, 0.15) is 11.4 Å². The van der Waals surface area contributed by atoms with Gasteiger partial charge in [-0.2, -0.15) is 0 Å². The third-order valence-electron chi connectivity index (χ3n) is 6.25. The van der Waals surface area contributed by atoms with Crippen LogP contribution in [0.1, 0.15) is 30.6 Å². The second kappa shape index (κ2) is 10.4. The Morgan fingerprint density at radius 2 is 1.90 bits per heavy atom. The smallest absolute Gasteiger partial charge is 0.410 e. The van der Waals surface area contributed by atoms with Crippen LogP contribution in [0.5, 0.6) is 11.6 Å². The number of benzene rings is 1. The zero-order valence-corrected chi connectivity index (χ0v) is 23.0. The minimum absolute atomic E-state index is 0.0150. The monoisotopic (exact) mass is 550 g/mol. The average molecular weight is 551 g/mol. The Labute approximate surface area is 229 Å². The molecule has 0 spiro atoms. The van der Waals surface area contributed by atoms with Gasteiger partial charge in [-0.05, 0) is 45.0 Å². The van der Waals surface area contributed by atoms with Crippen molar-refractivity contribution < 1.29 is 24.2 Å². The van der Waals surface area contributed by atoms with Gasteiger partial charge >= 0.3 is 6.09 Å². The molecule has 3 aromatic heterocycles. The topological polar surface area (TPSA) is 122 Å². The molecule has 11 nitrogen and oxygen atoms in total. The molecule has 0 aliphatic carbocycles. The molecule has 1 aromatic carbocycles. The number of thiazole rings is 1. The Kier molecular flexibility index (Phi) is 7.04. The minimum Gasteiger partial charge on any atom is -0.497 e. The predicted octanol–water partition coefficient (Wildman–Crippen LogP) is 4.51. The van der Waals surface area contributed by atoms with E-state index in [9.17, 15) is 14.7 Å². The summed E-state index contributed by atoms with van der Waals surface area (Å²) in [4.78, 5) is 38.0. The van der Waals surface area contributed by atoms with Crippen LogP contribution in [-0.4, -0.2) is 75.4 Å². The number of carbonyl (C=O) groups is 2. The van der Waals surface area contributed by atoms with E-state index < -0.39 is 5.60 Å². The lowest BCUT2D eigenvalue weighted by Gasteiger charge is -2.37. The summed E-state index contributed by atoms with van der Waals surface area (Å²) in [6, 6.07) is 7.25. The number of fused-ring (bicyclic) bond motifs is 1. The van der Waals surface area contributed by atoms with Crippen LogP contribution in [0.25, 0.3) is 16.6 Å². The van der Waals surface area contributed by atoms with Crippen molar-refractivity contribution in [3.8, 4) is 17.4 Å². The van der Waals surface area contributed by atoms with Crippen LogP contribution in [0.15, 0.2) is 48.2 Å². The van der Waals surface area contributed by atoms with Gasteiger partial charge in [-0.1, -0.05) is 0 Å². The summed E-state index contributed by atoms with van der Waals surface area (Å²) >= 11 is 1.18. The number of pyridine rings is 1. The highest BCUT2D eigenvalue weighted by Gasteiger charge is 2.27. The van der Waals surface area contributed by atoms with Crippen LogP contribution >= 0.6 is 11.3 Å². The molecule has 1 aliphatic rings. The van der Waals surface area contributed by atoms with Gasteiger partial charge in [0.05, 0.1) is 24.7 Å². The van der Waals surface area contributed by atoms with Crippen LogP contribution in [0, 0.1) is 0 Å². The molecule has 1 fully saturated rings. The summed E-state index contributed by atoms with van der Waals surface area (Å²) in [6.45, 7) is 7.71. The van der Waals surface area contributed by atoms with Crippen LogP contribution in [0.3, 0.4) is 0 Å². The molecule has 0 unspecified atom stereocenters. The number of ether oxygens (including phenoxy) is 2. The molecule has 39 heavy (non-hydrogen) atoms. The molecule has 2 amide bonds. The maximum atomic E-state index is 13.1. The Morgan fingerprint density at radius 3 is 2.62 bits per heavy atom. The van der Waals surface area contributed by atoms with Crippen molar-refractivity contribution in [2.75, 3.05) is 43.5 Å². The Morgan fingerprint density at radius 1 is 1.13 bits per heavy atom. The van der Waals surface area contributed by atoms with Crippen molar-refractivity contribution in [2.45, 2.75) is 26.4 Å². The summed E-state index contributed by atoms with van der Waals surface area (Å²) in [7, 11) is 1.57. The van der Waals surface area contributed by atoms with Crippen molar-refractivity contribution in [2.24, 2.45) is 0 Å². The highest BCUT2D eigenvalue weighted by Crippen LogP contribution is 2.33. The first-order valence-electron chi connectivity index (χ1n) is 12.4. The van der Waals surface area contributed by atoms with Gasteiger partial charge < -0.3 is 29.7 Å². The van der Waals surface area contributed by atoms with E-state index in [4.69, 9.17) is 9.47 Å². The first-order chi connectivity index (χ1) is 18.6. The number of anilines is 2. The van der Waals surface area contributed by atoms with Crippen LogP contribution in [0.2, 0.25) is 0 Å². The fourth-order valence-corrected chi connectivity index (χ4v) is 5.03. The molecular formula is C27H30N6O5S. The molecule has 12 heteroatoms. The number of carbonyl (C=O) groups excluding carboxylic acids is 2. The van der Waals surface area contributed by atoms with E-state index in [1.54, 1.807) is 42.0 Å². The Balaban J connectivity index is 1.29. The normalized spacial score (nSPS) is 13.9. The van der Waals surface area contributed by atoms with E-state index in [-0.39, 0.29) is 22.9 Å². The molecule has 1 saturated heterocycles. The zero-order chi connectivity index (χ0) is 27.7. The lowest BCUT2D eigenvalue weighted by molar-refractivity contribution is 0.0240. The van der Waals surface area contributed by atoms with Gasteiger partial charge in [-0.25, -0.2) is 9.78 Å². The summed E-state index contributed by atoms with van der Waals surface area (Å²) < 4.78 is 12.3. The zero-order valence-electron chi connectivity index (χ0n) is 22.2. The first-order valence-corrected chi connectivity index (χ1v) is 13.3. The molecule has 204 valence electrons. The van der Waals surface area contributed by atoms with Gasteiger partial charge in [0.2, 0.25) is 5.88 Å². The number of rotatable bonds is 5. The molecule has 4 heterocycles. The molecule has 0 saturated carbocycles. The number of hydrogen-bond acceptors (Lipinski definition) is 9. The lowest BCUT2D eigenvalue weighted by Crippen LogP contribution is -2.50. The quantitative estimate of drug-likeness (QED) is 0.372. The van der Waals surface area contributed by atoms with Gasteiger partial charge in [0, 0.05) is 54.7 Å². The highest BCUT2D eigenvalue weighted by atomic mass is 32.1. The van der Waals surface area contributed by atoms with E-state index in [1.165, 1.54) is 15.9 Å². The largest absolute Gasteiger partial charge is 0.497 e. The van der Waals surface area contributed by atoms with Gasteiger partial charge in [0.25, 0.3) is 5.91 Å². The average Bonchev–Trinajstić information content (AvgIpc) is 3.53. The molecule has 1 aliphatic heterocycles.